The molecule has 4 fully saturated rings. The Hall–Kier alpha value is -0.570. The predicted octanol–water partition coefficient (Wildman–Crippen LogP) is 1.45. The molecular weight excluding hydrogens is 216 g/mol. The van der Waals surface area contributed by atoms with Crippen molar-refractivity contribution in [3.8, 4) is 0 Å². The van der Waals surface area contributed by atoms with Gasteiger partial charge in [-0.1, -0.05) is 0 Å². The van der Waals surface area contributed by atoms with Crippen LogP contribution in [0.15, 0.2) is 0 Å². The van der Waals surface area contributed by atoms with E-state index in [9.17, 15) is 9.90 Å². The molecule has 94 valence electrons. The Balaban J connectivity index is 1.62. The summed E-state index contributed by atoms with van der Waals surface area (Å²) in [6.07, 6.45) is 4.40. The average Bonchev–Trinajstić information content (AvgIpc) is 3.02. The van der Waals surface area contributed by atoms with Crippen LogP contribution in [0.5, 0.6) is 0 Å². The lowest BCUT2D eigenvalue weighted by atomic mass is 9.67. The van der Waals surface area contributed by atoms with Gasteiger partial charge in [0.25, 0.3) is 0 Å². The Morgan fingerprint density at radius 3 is 2.47 bits per heavy atom. The fourth-order valence-corrected chi connectivity index (χ4v) is 5.99. The van der Waals surface area contributed by atoms with E-state index in [0.717, 1.165) is 24.7 Å². The van der Waals surface area contributed by atoms with Gasteiger partial charge in [0.15, 0.2) is 0 Å². The van der Waals surface area contributed by atoms with E-state index in [-0.39, 0.29) is 18.0 Å². The van der Waals surface area contributed by atoms with Crippen molar-refractivity contribution in [2.75, 3.05) is 7.11 Å². The van der Waals surface area contributed by atoms with Gasteiger partial charge in [0, 0.05) is 0 Å². The summed E-state index contributed by atoms with van der Waals surface area (Å²) in [4.78, 5) is 11.8. The molecule has 0 aromatic carbocycles. The van der Waals surface area contributed by atoms with E-state index in [1.807, 2.05) is 0 Å². The van der Waals surface area contributed by atoms with Crippen LogP contribution < -0.4 is 0 Å². The topological polar surface area (TPSA) is 46.5 Å². The summed E-state index contributed by atoms with van der Waals surface area (Å²) in [5, 5.41) is 10.0. The average molecular weight is 236 g/mol. The van der Waals surface area contributed by atoms with Gasteiger partial charge < -0.3 is 9.84 Å². The SMILES string of the molecule is COC(=O)C1CC2CC1C1C3CC(O)C(C3)C21. The van der Waals surface area contributed by atoms with Crippen molar-refractivity contribution >= 4 is 5.97 Å². The van der Waals surface area contributed by atoms with Crippen molar-refractivity contribution in [2.24, 2.45) is 41.4 Å². The third-order valence-corrected chi connectivity index (χ3v) is 6.29. The van der Waals surface area contributed by atoms with Crippen LogP contribution in [0.2, 0.25) is 0 Å². The van der Waals surface area contributed by atoms with Gasteiger partial charge in [-0.05, 0) is 61.2 Å². The smallest absolute Gasteiger partial charge is 0.308 e. The Labute approximate surface area is 102 Å². The molecule has 0 aromatic heterocycles. The van der Waals surface area contributed by atoms with Crippen molar-refractivity contribution in [3.05, 3.63) is 0 Å². The number of carbonyl (C=O) groups excluding carboxylic acids is 1. The van der Waals surface area contributed by atoms with E-state index < -0.39 is 0 Å². The first-order valence-corrected chi connectivity index (χ1v) is 6.96. The highest BCUT2D eigenvalue weighted by Crippen LogP contribution is 2.68. The number of esters is 1. The number of fused-ring (bicyclic) bond motifs is 9. The molecule has 0 saturated heterocycles. The van der Waals surface area contributed by atoms with E-state index in [2.05, 4.69) is 0 Å². The number of aliphatic hydroxyl groups is 1. The molecular formula is C14H20O3. The molecule has 0 aromatic rings. The normalized spacial score (nSPS) is 58.5. The summed E-state index contributed by atoms with van der Waals surface area (Å²) >= 11 is 0. The van der Waals surface area contributed by atoms with E-state index in [1.165, 1.54) is 20.0 Å². The zero-order valence-corrected chi connectivity index (χ0v) is 10.2. The maximum Gasteiger partial charge on any atom is 0.308 e. The first kappa shape index (κ1) is 10.4. The molecule has 8 atom stereocenters. The number of hydrogen-bond acceptors (Lipinski definition) is 3. The van der Waals surface area contributed by atoms with Crippen LogP contribution in [0, 0.1) is 41.4 Å². The molecule has 0 amide bonds. The fraction of sp³-hybridized carbons (Fsp3) is 0.929. The number of hydrogen-bond donors (Lipinski definition) is 1. The lowest BCUT2D eigenvalue weighted by Gasteiger charge is -2.39. The number of methoxy groups -OCH3 is 1. The maximum absolute atomic E-state index is 11.8. The maximum atomic E-state index is 11.8. The van der Waals surface area contributed by atoms with E-state index >= 15 is 0 Å². The van der Waals surface area contributed by atoms with Gasteiger partial charge in [-0.3, -0.25) is 4.79 Å². The third-order valence-electron chi connectivity index (χ3n) is 6.29. The molecule has 3 nitrogen and oxygen atoms in total. The highest BCUT2D eigenvalue weighted by atomic mass is 16.5. The quantitative estimate of drug-likeness (QED) is 0.553. The first-order valence-electron chi connectivity index (χ1n) is 6.96. The van der Waals surface area contributed by atoms with Crippen LogP contribution in [-0.4, -0.2) is 24.3 Å². The molecule has 0 radical (unpaired) electrons. The molecule has 8 unspecified atom stereocenters. The second kappa shape index (κ2) is 3.25. The summed E-state index contributed by atoms with van der Waals surface area (Å²) in [6.45, 7) is 0. The summed E-state index contributed by atoms with van der Waals surface area (Å²) in [5.41, 5.74) is 0. The number of carbonyl (C=O) groups is 1. The van der Waals surface area contributed by atoms with E-state index in [0.29, 0.717) is 23.7 Å². The van der Waals surface area contributed by atoms with Crippen molar-refractivity contribution in [1.29, 1.82) is 0 Å². The minimum atomic E-state index is -0.0443. The summed E-state index contributed by atoms with van der Waals surface area (Å²) in [5.74, 6) is 4.16. The Morgan fingerprint density at radius 2 is 1.71 bits per heavy atom. The summed E-state index contributed by atoms with van der Waals surface area (Å²) in [7, 11) is 1.51. The van der Waals surface area contributed by atoms with Crippen LogP contribution >= 0.6 is 0 Å². The van der Waals surface area contributed by atoms with Gasteiger partial charge in [0.2, 0.25) is 0 Å². The van der Waals surface area contributed by atoms with Gasteiger partial charge in [-0.25, -0.2) is 0 Å². The minimum Gasteiger partial charge on any atom is -0.469 e. The molecule has 17 heavy (non-hydrogen) atoms. The predicted molar refractivity (Wildman–Crippen MR) is 60.9 cm³/mol. The van der Waals surface area contributed by atoms with Gasteiger partial charge in [0.1, 0.15) is 0 Å². The van der Waals surface area contributed by atoms with Crippen LogP contribution in [0.1, 0.15) is 25.7 Å². The largest absolute Gasteiger partial charge is 0.469 e. The van der Waals surface area contributed by atoms with Gasteiger partial charge in [0.05, 0.1) is 19.1 Å². The molecule has 0 aliphatic heterocycles. The molecule has 0 spiro atoms. The summed E-state index contributed by atoms with van der Waals surface area (Å²) in [6, 6.07) is 0. The Bertz CT molecular complexity index is 366. The Kier molecular flexibility index (Phi) is 1.98. The lowest BCUT2D eigenvalue weighted by Crippen LogP contribution is -2.39. The van der Waals surface area contributed by atoms with E-state index in [1.54, 1.807) is 0 Å². The van der Waals surface area contributed by atoms with Crippen molar-refractivity contribution in [1.82, 2.24) is 0 Å². The molecule has 0 heterocycles. The second-order valence-electron chi connectivity index (χ2n) is 6.64. The van der Waals surface area contributed by atoms with Crippen LogP contribution in [-0.2, 0) is 9.53 Å². The van der Waals surface area contributed by atoms with Gasteiger partial charge in [-0.2, -0.15) is 0 Å². The van der Waals surface area contributed by atoms with Gasteiger partial charge >= 0.3 is 5.97 Å². The zero-order valence-electron chi connectivity index (χ0n) is 10.2. The van der Waals surface area contributed by atoms with Crippen LogP contribution in [0.25, 0.3) is 0 Å². The van der Waals surface area contributed by atoms with Crippen molar-refractivity contribution in [2.45, 2.75) is 31.8 Å². The first-order chi connectivity index (χ1) is 8.20. The lowest BCUT2D eigenvalue weighted by molar-refractivity contribution is -0.149. The zero-order chi connectivity index (χ0) is 11.7. The molecule has 4 bridgehead atoms. The molecule has 4 saturated carbocycles. The highest BCUT2D eigenvalue weighted by Gasteiger charge is 2.65. The third kappa shape index (κ3) is 1.14. The van der Waals surface area contributed by atoms with Crippen molar-refractivity contribution in [3.63, 3.8) is 0 Å². The fourth-order valence-electron chi connectivity index (χ4n) is 5.99. The molecule has 3 heteroatoms. The van der Waals surface area contributed by atoms with Crippen molar-refractivity contribution < 1.29 is 14.6 Å². The summed E-state index contributed by atoms with van der Waals surface area (Å²) < 4.78 is 4.95. The molecule has 4 aliphatic rings. The monoisotopic (exact) mass is 236 g/mol. The number of ether oxygens (including phenoxy) is 1. The highest BCUT2D eigenvalue weighted by molar-refractivity contribution is 5.73. The molecule has 4 rings (SSSR count). The van der Waals surface area contributed by atoms with Gasteiger partial charge in [-0.15, -0.1) is 0 Å². The second-order valence-corrected chi connectivity index (χ2v) is 6.64. The number of rotatable bonds is 1. The molecule has 4 aliphatic carbocycles. The molecule has 1 N–H and O–H groups in total. The van der Waals surface area contributed by atoms with Crippen LogP contribution in [0.3, 0.4) is 0 Å². The Morgan fingerprint density at radius 1 is 1.06 bits per heavy atom. The standard InChI is InChI=1S/C14H20O3/c1-17-14(16)9-3-6-2-8(9)12-7-4-10(13(6)12)11(15)5-7/h6-13,15H,2-5H2,1H3. The van der Waals surface area contributed by atoms with E-state index in [4.69, 9.17) is 4.74 Å². The minimum absolute atomic E-state index is 0.0132. The van der Waals surface area contributed by atoms with Crippen LogP contribution in [0.4, 0.5) is 0 Å². The number of aliphatic hydroxyl groups excluding tert-OH is 1.